The van der Waals surface area contributed by atoms with Gasteiger partial charge in [0.1, 0.15) is 5.01 Å². The predicted molar refractivity (Wildman–Crippen MR) is 98.4 cm³/mol. The van der Waals surface area contributed by atoms with Crippen molar-refractivity contribution in [3.05, 3.63) is 38.0 Å². The van der Waals surface area contributed by atoms with Crippen LogP contribution in [0.4, 0.5) is 0 Å². The molecule has 124 valence electrons. The van der Waals surface area contributed by atoms with Crippen LogP contribution in [0.5, 0.6) is 0 Å². The second kappa shape index (κ2) is 7.90. The van der Waals surface area contributed by atoms with Gasteiger partial charge in [-0.1, -0.05) is 0 Å². The number of thiophene rings is 1. The van der Waals surface area contributed by atoms with Gasteiger partial charge in [0.05, 0.1) is 6.54 Å². The maximum Gasteiger partial charge on any atom is 0.191 e. The number of guanidine groups is 1. The zero-order valence-corrected chi connectivity index (χ0v) is 15.3. The molecule has 3 rings (SSSR count). The molecule has 0 amide bonds. The van der Waals surface area contributed by atoms with Crippen molar-refractivity contribution in [2.45, 2.75) is 26.4 Å². The maximum atomic E-state index is 4.36. The van der Waals surface area contributed by atoms with Gasteiger partial charge >= 0.3 is 0 Å². The topological polar surface area (TPSA) is 52.6 Å². The van der Waals surface area contributed by atoms with Gasteiger partial charge in [-0.2, -0.15) is 0 Å². The lowest BCUT2D eigenvalue weighted by molar-refractivity contribution is 0.260. The Kier molecular flexibility index (Phi) is 5.64. The summed E-state index contributed by atoms with van der Waals surface area (Å²) in [7, 11) is 1.81. The number of aromatic nitrogens is 1. The number of nitrogens with one attached hydrogen (secondary N) is 2. The van der Waals surface area contributed by atoms with Gasteiger partial charge in [-0.15, -0.1) is 22.7 Å². The SMILES string of the molecule is CN=C(NCCN1CCc2sccc2C1)NCc1ncc(C)s1. The van der Waals surface area contributed by atoms with Crippen molar-refractivity contribution in [2.75, 3.05) is 26.7 Å². The van der Waals surface area contributed by atoms with Gasteiger partial charge in [-0.25, -0.2) is 4.98 Å². The third-order valence-corrected chi connectivity index (χ3v) is 5.84. The first-order chi connectivity index (χ1) is 11.2. The molecule has 3 heterocycles. The minimum atomic E-state index is 0.722. The molecular formula is C16H23N5S2. The third-order valence-electron chi connectivity index (χ3n) is 3.91. The molecule has 0 radical (unpaired) electrons. The van der Waals surface area contributed by atoms with Crippen LogP contribution in [0.1, 0.15) is 20.3 Å². The van der Waals surface area contributed by atoms with Crippen molar-refractivity contribution in [1.29, 1.82) is 0 Å². The van der Waals surface area contributed by atoms with Gasteiger partial charge in [0.2, 0.25) is 0 Å². The third kappa shape index (κ3) is 4.53. The Bertz CT molecular complexity index is 661. The molecule has 2 N–H and O–H groups in total. The summed E-state index contributed by atoms with van der Waals surface area (Å²) in [5.41, 5.74) is 1.50. The molecular weight excluding hydrogens is 326 g/mol. The zero-order chi connectivity index (χ0) is 16.1. The number of thiazole rings is 1. The number of hydrogen-bond acceptors (Lipinski definition) is 5. The normalized spacial score (nSPS) is 15.5. The predicted octanol–water partition coefficient (Wildman–Crippen LogP) is 2.24. The largest absolute Gasteiger partial charge is 0.355 e. The number of hydrogen-bond donors (Lipinski definition) is 2. The van der Waals surface area contributed by atoms with Gasteiger partial charge in [0, 0.05) is 49.2 Å². The van der Waals surface area contributed by atoms with Crippen LogP contribution in [0.3, 0.4) is 0 Å². The zero-order valence-electron chi connectivity index (χ0n) is 13.6. The summed E-state index contributed by atoms with van der Waals surface area (Å²) in [6.07, 6.45) is 3.09. The highest BCUT2D eigenvalue weighted by atomic mass is 32.1. The summed E-state index contributed by atoms with van der Waals surface area (Å²) < 4.78 is 0. The molecule has 0 fully saturated rings. The first kappa shape index (κ1) is 16.4. The second-order valence-electron chi connectivity index (χ2n) is 5.61. The van der Waals surface area contributed by atoms with Crippen LogP contribution in [0.15, 0.2) is 22.6 Å². The van der Waals surface area contributed by atoms with Crippen molar-refractivity contribution in [2.24, 2.45) is 4.99 Å². The lowest BCUT2D eigenvalue weighted by atomic mass is 10.1. The summed E-state index contributed by atoms with van der Waals surface area (Å²) in [6, 6.07) is 2.26. The van der Waals surface area contributed by atoms with Crippen molar-refractivity contribution in [1.82, 2.24) is 20.5 Å². The van der Waals surface area contributed by atoms with Crippen molar-refractivity contribution >= 4 is 28.6 Å². The molecule has 0 atom stereocenters. The molecule has 1 aliphatic heterocycles. The number of fused-ring (bicyclic) bond motifs is 1. The Morgan fingerprint density at radius 3 is 3.13 bits per heavy atom. The highest BCUT2D eigenvalue weighted by molar-refractivity contribution is 7.11. The highest BCUT2D eigenvalue weighted by Gasteiger charge is 2.16. The molecule has 1 aliphatic rings. The van der Waals surface area contributed by atoms with Crippen LogP contribution >= 0.6 is 22.7 Å². The maximum absolute atomic E-state index is 4.36. The minimum Gasteiger partial charge on any atom is -0.355 e. The molecule has 5 nitrogen and oxygen atoms in total. The van der Waals surface area contributed by atoms with Gasteiger partial charge in [-0.05, 0) is 30.4 Å². The average molecular weight is 350 g/mol. The molecule has 7 heteroatoms. The van der Waals surface area contributed by atoms with E-state index in [4.69, 9.17) is 0 Å². The lowest BCUT2D eigenvalue weighted by Crippen LogP contribution is -2.42. The van der Waals surface area contributed by atoms with E-state index in [9.17, 15) is 0 Å². The molecule has 0 spiro atoms. The number of aryl methyl sites for hydroxylation is 1. The summed E-state index contributed by atoms with van der Waals surface area (Å²) in [5.74, 6) is 0.839. The molecule has 23 heavy (non-hydrogen) atoms. The average Bonchev–Trinajstić information content (AvgIpc) is 3.18. The Morgan fingerprint density at radius 1 is 1.43 bits per heavy atom. The van der Waals surface area contributed by atoms with Gasteiger partial charge in [0.25, 0.3) is 0 Å². The Morgan fingerprint density at radius 2 is 2.35 bits per heavy atom. The quantitative estimate of drug-likeness (QED) is 0.642. The molecule has 0 aromatic carbocycles. The fourth-order valence-corrected chi connectivity index (χ4v) is 4.31. The summed E-state index contributed by atoms with van der Waals surface area (Å²) >= 11 is 3.61. The summed E-state index contributed by atoms with van der Waals surface area (Å²) in [5, 5.41) is 10.0. The van der Waals surface area contributed by atoms with E-state index in [1.165, 1.54) is 16.9 Å². The number of aliphatic imine (C=N–C) groups is 1. The van der Waals surface area contributed by atoms with E-state index in [2.05, 4.69) is 43.9 Å². The first-order valence-electron chi connectivity index (χ1n) is 7.88. The van der Waals surface area contributed by atoms with Gasteiger partial charge in [0.15, 0.2) is 5.96 Å². The van der Waals surface area contributed by atoms with Crippen LogP contribution in [-0.2, 0) is 19.5 Å². The van der Waals surface area contributed by atoms with E-state index in [0.29, 0.717) is 0 Å². The van der Waals surface area contributed by atoms with E-state index in [1.54, 1.807) is 23.3 Å². The van der Waals surface area contributed by atoms with E-state index < -0.39 is 0 Å². The van der Waals surface area contributed by atoms with E-state index >= 15 is 0 Å². The van der Waals surface area contributed by atoms with E-state index in [0.717, 1.165) is 43.7 Å². The molecule has 0 unspecified atom stereocenters. The van der Waals surface area contributed by atoms with Crippen LogP contribution < -0.4 is 10.6 Å². The Hall–Kier alpha value is -1.44. The van der Waals surface area contributed by atoms with Crippen molar-refractivity contribution in [3.8, 4) is 0 Å². The Balaban J connectivity index is 1.39. The molecule has 0 saturated carbocycles. The summed E-state index contributed by atoms with van der Waals surface area (Å²) in [4.78, 5) is 13.9. The second-order valence-corrected chi connectivity index (χ2v) is 7.93. The highest BCUT2D eigenvalue weighted by Crippen LogP contribution is 2.23. The van der Waals surface area contributed by atoms with Crippen molar-refractivity contribution < 1.29 is 0 Å². The molecule has 0 aliphatic carbocycles. The van der Waals surface area contributed by atoms with Gasteiger partial charge < -0.3 is 10.6 Å². The lowest BCUT2D eigenvalue weighted by Gasteiger charge is -2.27. The molecule has 0 bridgehead atoms. The molecule has 2 aromatic heterocycles. The smallest absolute Gasteiger partial charge is 0.191 e. The monoisotopic (exact) mass is 349 g/mol. The Labute approximate surface area is 145 Å². The van der Waals surface area contributed by atoms with Crippen LogP contribution in [0.25, 0.3) is 0 Å². The molecule has 0 saturated heterocycles. The summed E-state index contributed by atoms with van der Waals surface area (Å²) in [6.45, 7) is 6.96. The van der Waals surface area contributed by atoms with Crippen LogP contribution in [0, 0.1) is 6.92 Å². The van der Waals surface area contributed by atoms with Crippen LogP contribution in [0.2, 0.25) is 0 Å². The van der Waals surface area contributed by atoms with Crippen LogP contribution in [-0.4, -0.2) is 42.5 Å². The molecule has 2 aromatic rings. The van der Waals surface area contributed by atoms with Gasteiger partial charge in [-0.3, -0.25) is 9.89 Å². The fourth-order valence-electron chi connectivity index (χ4n) is 2.69. The van der Waals surface area contributed by atoms with E-state index in [-0.39, 0.29) is 0 Å². The van der Waals surface area contributed by atoms with E-state index in [1.807, 2.05) is 17.5 Å². The standard InChI is InChI=1S/C16H23N5S2/c1-12-9-19-15(23-12)10-20-16(17-2)18-5-7-21-6-3-14-13(11-21)4-8-22-14/h4,8-9H,3,5-7,10-11H2,1-2H3,(H2,17,18,20). The number of rotatable bonds is 5. The number of nitrogens with zero attached hydrogens (tertiary/aromatic N) is 3. The first-order valence-corrected chi connectivity index (χ1v) is 9.57. The fraction of sp³-hybridized carbons (Fsp3) is 0.500. The minimum absolute atomic E-state index is 0.722. The van der Waals surface area contributed by atoms with Crippen molar-refractivity contribution in [3.63, 3.8) is 0 Å².